The average molecular weight is 621 g/mol. The molecule has 0 aromatic heterocycles. The average Bonchev–Trinajstić information content (AvgIpc) is 3.61. The Morgan fingerprint density at radius 3 is 1.67 bits per heavy atom. The van der Waals surface area contributed by atoms with Gasteiger partial charge in [0.15, 0.2) is 0 Å². The van der Waals surface area contributed by atoms with Crippen LogP contribution in [-0.2, 0) is 51.3 Å². The molecule has 0 heterocycles. The Morgan fingerprint density at radius 2 is 1.18 bits per heavy atom. The summed E-state index contributed by atoms with van der Waals surface area (Å²) < 4.78 is 21.1. The van der Waals surface area contributed by atoms with Crippen molar-refractivity contribution in [3.8, 4) is 11.5 Å². The highest BCUT2D eigenvalue weighted by Crippen LogP contribution is 2.40. The Balaban J connectivity index is 0.000000315. The smallest absolute Gasteiger partial charge is 0.314 e. The van der Waals surface area contributed by atoms with Crippen molar-refractivity contribution in [3.63, 3.8) is 0 Å². The third kappa shape index (κ3) is 8.65. The van der Waals surface area contributed by atoms with Gasteiger partial charge in [0.2, 0.25) is 0 Å². The maximum atomic E-state index is 12.7. The van der Waals surface area contributed by atoms with E-state index in [0.29, 0.717) is 52.0 Å². The number of fused-ring (bicyclic) bond motifs is 2. The van der Waals surface area contributed by atoms with Crippen molar-refractivity contribution < 1.29 is 28.5 Å². The van der Waals surface area contributed by atoms with Crippen LogP contribution in [0.1, 0.15) is 56.5 Å². The van der Waals surface area contributed by atoms with E-state index in [2.05, 4.69) is 23.5 Å². The second-order valence-electron chi connectivity index (χ2n) is 11.3. The van der Waals surface area contributed by atoms with Crippen LogP contribution in [0.3, 0.4) is 0 Å². The number of carbonyl (C=O) groups excluding carboxylic acids is 2. The summed E-state index contributed by atoms with van der Waals surface area (Å²) >= 11 is 0. The molecule has 3 aromatic carbocycles. The third-order valence-corrected chi connectivity index (χ3v) is 8.39. The highest BCUT2D eigenvalue weighted by molar-refractivity contribution is 5.80. The number of carbonyl (C=O) groups is 2. The number of nitrogens with two attached hydrogens (primary N) is 1. The minimum Gasteiger partial charge on any atom is -0.497 e. The predicted octanol–water partition coefficient (Wildman–Crippen LogP) is 5.71. The van der Waals surface area contributed by atoms with Crippen molar-refractivity contribution >= 4 is 11.9 Å². The third-order valence-electron chi connectivity index (χ3n) is 8.39. The molecule has 2 aliphatic carbocycles. The molecule has 5 rings (SSSR count). The largest absolute Gasteiger partial charge is 0.497 e. The molecule has 0 spiro atoms. The normalized spacial score (nSPS) is 19.0. The van der Waals surface area contributed by atoms with E-state index in [0.717, 1.165) is 29.2 Å². The van der Waals surface area contributed by atoms with E-state index in [1.165, 1.54) is 16.7 Å². The molecule has 0 fully saturated rings. The van der Waals surface area contributed by atoms with Crippen LogP contribution >= 0.6 is 0 Å². The van der Waals surface area contributed by atoms with Crippen molar-refractivity contribution in [1.82, 2.24) is 5.32 Å². The second kappa shape index (κ2) is 17.0. The number of methoxy groups -OCH3 is 2. The lowest BCUT2D eigenvalue weighted by atomic mass is 9.84. The number of nitrogens with one attached hydrogen (secondary N) is 1. The molecule has 0 saturated carbocycles. The van der Waals surface area contributed by atoms with Gasteiger partial charge in [-0.15, -0.1) is 0 Å². The van der Waals surface area contributed by atoms with E-state index in [1.807, 2.05) is 62.4 Å². The molecule has 2 unspecified atom stereocenters. The summed E-state index contributed by atoms with van der Waals surface area (Å²) in [5.74, 6) is 1.33. The summed E-state index contributed by atoms with van der Waals surface area (Å²) in [5.41, 5.74) is 10.6. The van der Waals surface area contributed by atoms with Gasteiger partial charge in [0.05, 0.1) is 38.3 Å². The lowest BCUT2D eigenvalue weighted by molar-refractivity contribution is -0.155. The van der Waals surface area contributed by atoms with Gasteiger partial charge >= 0.3 is 11.9 Å². The van der Waals surface area contributed by atoms with Gasteiger partial charge in [0.1, 0.15) is 11.5 Å². The highest BCUT2D eigenvalue weighted by Gasteiger charge is 2.45. The number of esters is 2. The van der Waals surface area contributed by atoms with Crippen LogP contribution in [0.5, 0.6) is 11.5 Å². The van der Waals surface area contributed by atoms with E-state index < -0.39 is 10.8 Å². The van der Waals surface area contributed by atoms with E-state index in [4.69, 9.17) is 24.7 Å². The highest BCUT2D eigenvalue weighted by atomic mass is 16.5. The Bertz CT molecular complexity index is 1390. The monoisotopic (exact) mass is 620 g/mol. The van der Waals surface area contributed by atoms with Gasteiger partial charge in [0, 0.05) is 19.6 Å². The van der Waals surface area contributed by atoms with Crippen LogP contribution in [0.4, 0.5) is 0 Å². The maximum Gasteiger partial charge on any atom is 0.314 e. The Morgan fingerprint density at radius 1 is 0.711 bits per heavy atom. The minimum absolute atomic E-state index is 0. The molecule has 8 nitrogen and oxygen atoms in total. The van der Waals surface area contributed by atoms with Gasteiger partial charge in [0.25, 0.3) is 0 Å². The molecule has 0 amide bonds. The molecule has 0 saturated heterocycles. The van der Waals surface area contributed by atoms with Crippen molar-refractivity contribution in [1.29, 1.82) is 0 Å². The van der Waals surface area contributed by atoms with E-state index in [9.17, 15) is 9.59 Å². The molecular weight excluding hydrogens is 568 g/mol. The molecule has 2 atom stereocenters. The summed E-state index contributed by atoms with van der Waals surface area (Å²) in [6.45, 7) is 6.10. The molecule has 2 aliphatic rings. The number of hydrogen-bond donors (Lipinski definition) is 2. The Labute approximate surface area is 269 Å². The van der Waals surface area contributed by atoms with Gasteiger partial charge in [-0.1, -0.05) is 57.3 Å². The zero-order chi connectivity index (χ0) is 30.9. The SMILES string of the molecule is C.C.CCOC(=O)C1(CN)Cc2ccc(OC)cc2C1.CCOC(=O)C1(CNCc2ccccc2)Cc2ccc(OC)cc2C1. The fourth-order valence-corrected chi connectivity index (χ4v) is 6.04. The number of benzene rings is 3. The zero-order valence-electron chi connectivity index (χ0n) is 25.7. The van der Waals surface area contributed by atoms with Crippen molar-refractivity contribution in [3.05, 3.63) is 94.5 Å². The van der Waals surface area contributed by atoms with Crippen molar-refractivity contribution in [2.45, 2.75) is 60.9 Å². The van der Waals surface area contributed by atoms with Gasteiger partial charge in [-0.3, -0.25) is 9.59 Å². The Kier molecular flexibility index (Phi) is 14.1. The summed E-state index contributed by atoms with van der Waals surface area (Å²) in [7, 11) is 3.30. The second-order valence-corrected chi connectivity index (χ2v) is 11.3. The molecule has 0 radical (unpaired) electrons. The lowest BCUT2D eigenvalue weighted by Gasteiger charge is -2.27. The van der Waals surface area contributed by atoms with Gasteiger partial charge < -0.3 is 30.0 Å². The predicted molar refractivity (Wildman–Crippen MR) is 180 cm³/mol. The van der Waals surface area contributed by atoms with Crippen LogP contribution in [-0.4, -0.2) is 52.5 Å². The first-order valence-corrected chi connectivity index (χ1v) is 14.9. The van der Waals surface area contributed by atoms with E-state index >= 15 is 0 Å². The summed E-state index contributed by atoms with van der Waals surface area (Å²) in [6, 6.07) is 22.2. The Hall–Kier alpha value is -3.88. The summed E-state index contributed by atoms with van der Waals surface area (Å²) in [5, 5.41) is 3.46. The molecule has 8 heteroatoms. The molecule has 0 bridgehead atoms. The summed E-state index contributed by atoms with van der Waals surface area (Å²) in [6.07, 6.45) is 2.67. The minimum atomic E-state index is -0.593. The van der Waals surface area contributed by atoms with Crippen LogP contribution in [0.25, 0.3) is 0 Å². The molecular formula is C37H52N2O6. The molecule has 45 heavy (non-hydrogen) atoms. The van der Waals surface area contributed by atoms with Crippen LogP contribution in [0.2, 0.25) is 0 Å². The van der Waals surface area contributed by atoms with Gasteiger partial charge in [-0.2, -0.15) is 0 Å². The van der Waals surface area contributed by atoms with Gasteiger partial charge in [-0.05, 0) is 91.6 Å². The van der Waals surface area contributed by atoms with E-state index in [1.54, 1.807) is 14.2 Å². The van der Waals surface area contributed by atoms with E-state index in [-0.39, 0.29) is 26.8 Å². The number of hydrogen-bond acceptors (Lipinski definition) is 8. The van der Waals surface area contributed by atoms with Gasteiger partial charge in [-0.25, -0.2) is 0 Å². The van der Waals surface area contributed by atoms with Crippen LogP contribution in [0.15, 0.2) is 66.7 Å². The lowest BCUT2D eigenvalue weighted by Crippen LogP contribution is -2.43. The first-order chi connectivity index (χ1) is 20.8. The zero-order valence-corrected chi connectivity index (χ0v) is 25.7. The number of ether oxygens (including phenoxy) is 4. The fraction of sp³-hybridized carbons (Fsp3) is 0.459. The van der Waals surface area contributed by atoms with Crippen LogP contribution in [0, 0.1) is 10.8 Å². The molecule has 3 aromatic rings. The first-order valence-electron chi connectivity index (χ1n) is 14.9. The number of rotatable bonds is 11. The standard InChI is InChI=1S/C21H25NO3.C14H19NO3.2CH4/c1-3-25-20(23)21(15-22-14-16-7-5-4-6-8-16)12-17-9-10-19(24-2)11-18(17)13-21;1-3-18-13(16)14(9-15)7-10-4-5-12(17-2)6-11(10)8-14;;/h4-11,22H,3,12-15H2,1-2H3;4-6H,3,7-9,15H2,1-2H3;2*1H4. The molecule has 0 aliphatic heterocycles. The topological polar surface area (TPSA) is 109 Å². The molecule has 3 N–H and O–H groups in total. The van der Waals surface area contributed by atoms with Crippen molar-refractivity contribution in [2.24, 2.45) is 16.6 Å². The first kappa shape index (κ1) is 37.3. The fourth-order valence-electron chi connectivity index (χ4n) is 6.04. The maximum absolute atomic E-state index is 12.7. The molecule has 246 valence electrons. The quantitative estimate of drug-likeness (QED) is 0.263. The summed E-state index contributed by atoms with van der Waals surface area (Å²) in [4.78, 5) is 24.8. The van der Waals surface area contributed by atoms with Crippen LogP contribution < -0.4 is 20.5 Å². The van der Waals surface area contributed by atoms with Crippen molar-refractivity contribution in [2.75, 3.05) is 40.5 Å².